The lowest BCUT2D eigenvalue weighted by molar-refractivity contribution is -0.124. The maximum atomic E-state index is 14.5. The van der Waals surface area contributed by atoms with Gasteiger partial charge in [-0.05, 0) is 61.6 Å². The molecule has 0 aromatic heterocycles. The smallest absolute Gasteiger partial charge is 0.407 e. The number of unbranched alkanes of at least 4 members (excludes halogenated alkanes) is 1. The van der Waals surface area contributed by atoms with Crippen LogP contribution in [-0.4, -0.2) is 104 Å². The summed E-state index contributed by atoms with van der Waals surface area (Å²) >= 11 is 0. The van der Waals surface area contributed by atoms with Gasteiger partial charge in [0.2, 0.25) is 22.7 Å². The van der Waals surface area contributed by atoms with E-state index in [0.717, 1.165) is 44.1 Å². The first kappa shape index (κ1) is 38.3. The molecule has 2 amide bonds. The van der Waals surface area contributed by atoms with Gasteiger partial charge in [0, 0.05) is 37.5 Å². The lowest BCUT2D eigenvalue weighted by Gasteiger charge is -2.40. The molecule has 1 saturated carbocycles. The number of fused-ring (bicyclic) bond motifs is 2. The number of ether oxygens (including phenoxy) is 4. The standard InChI is InChI=1S/C38H53N3O10S/c1-38(2,17-8-9-18-39-35(43)27-12-6-7-13-27)24-40(52(46,47)28-14-15-33-34(21-28)51-25-50-33)22-32(42)30(20-26-10-4-3-5-11-26)41(37(44)45)31-23-49-36-29(31)16-19-48-36/h3-5,10-11,14-15,21,27,29-32,36,42H,6-9,12-13,16-20,22-25H2,1-2H3,(H,39,43)(H,44,45)/t29-,30-,31-,32+,36+/m0/s1. The van der Waals surface area contributed by atoms with Gasteiger partial charge in [-0.2, -0.15) is 4.31 Å². The van der Waals surface area contributed by atoms with Gasteiger partial charge in [-0.1, -0.05) is 63.4 Å². The van der Waals surface area contributed by atoms with Crippen LogP contribution in [0.1, 0.15) is 70.8 Å². The Balaban J connectivity index is 1.23. The summed E-state index contributed by atoms with van der Waals surface area (Å²) in [7, 11) is -4.22. The van der Waals surface area contributed by atoms with Crippen LogP contribution in [0, 0.1) is 17.3 Å². The number of carbonyl (C=O) groups excluding carboxylic acids is 1. The summed E-state index contributed by atoms with van der Waals surface area (Å²) in [6.45, 7) is 4.80. The number of hydrogen-bond acceptors (Lipinski definition) is 9. The molecular weight excluding hydrogens is 690 g/mol. The first-order chi connectivity index (χ1) is 24.9. The fourth-order valence-electron chi connectivity index (χ4n) is 8.13. The van der Waals surface area contributed by atoms with E-state index in [1.165, 1.54) is 21.3 Å². The second-order valence-corrected chi connectivity index (χ2v) is 17.3. The van der Waals surface area contributed by atoms with Crippen LogP contribution >= 0.6 is 0 Å². The van der Waals surface area contributed by atoms with Crippen LogP contribution in [0.25, 0.3) is 0 Å². The highest BCUT2D eigenvalue weighted by atomic mass is 32.2. The van der Waals surface area contributed by atoms with Crippen LogP contribution in [0.4, 0.5) is 4.79 Å². The van der Waals surface area contributed by atoms with Gasteiger partial charge in [-0.3, -0.25) is 9.69 Å². The summed E-state index contributed by atoms with van der Waals surface area (Å²) in [5.74, 6) is 0.784. The van der Waals surface area contributed by atoms with Crippen LogP contribution in [0.5, 0.6) is 11.5 Å². The maximum absolute atomic E-state index is 14.5. The normalized spacial score (nSPS) is 22.7. The summed E-state index contributed by atoms with van der Waals surface area (Å²) in [5.41, 5.74) is 0.273. The SMILES string of the molecule is CC(C)(CCCCNC(=O)C1CCCC1)CN(C[C@@H](O)[C@H](Cc1ccccc1)N(C(=O)O)[C@H]1CO[C@H]2OCC[C@H]21)S(=O)(=O)c1ccc2c(c1)OCO2. The highest BCUT2D eigenvalue weighted by Gasteiger charge is 2.49. The van der Waals surface area contributed by atoms with Crippen molar-refractivity contribution in [3.05, 3.63) is 54.1 Å². The first-order valence-electron chi connectivity index (χ1n) is 18.6. The maximum Gasteiger partial charge on any atom is 0.407 e. The fraction of sp³-hybridized carbons (Fsp3) is 0.632. The third-order valence-corrected chi connectivity index (χ3v) is 12.8. The molecule has 3 heterocycles. The number of aliphatic hydroxyl groups is 1. The number of amides is 2. The Hall–Kier alpha value is -3.43. The number of benzene rings is 2. The van der Waals surface area contributed by atoms with Gasteiger partial charge in [0.15, 0.2) is 17.8 Å². The molecule has 286 valence electrons. The van der Waals surface area contributed by atoms with Crippen molar-refractivity contribution < 1.29 is 47.2 Å². The molecule has 52 heavy (non-hydrogen) atoms. The second kappa shape index (κ2) is 16.7. The number of nitrogens with zero attached hydrogens (tertiary/aromatic N) is 2. The monoisotopic (exact) mass is 743 g/mol. The van der Waals surface area contributed by atoms with Gasteiger partial charge in [-0.25, -0.2) is 13.2 Å². The average Bonchev–Trinajstić information content (AvgIpc) is 3.94. The molecule has 2 saturated heterocycles. The minimum absolute atomic E-state index is 0.0145. The topological polar surface area (TPSA) is 164 Å². The van der Waals surface area contributed by atoms with Gasteiger partial charge in [0.1, 0.15) is 0 Å². The predicted molar refractivity (Wildman–Crippen MR) is 191 cm³/mol. The van der Waals surface area contributed by atoms with Crippen molar-refractivity contribution in [1.82, 2.24) is 14.5 Å². The zero-order valence-corrected chi connectivity index (χ0v) is 31.0. The highest BCUT2D eigenvalue weighted by Crippen LogP contribution is 2.38. The van der Waals surface area contributed by atoms with E-state index >= 15 is 0 Å². The molecule has 14 heteroatoms. The first-order valence-corrected chi connectivity index (χ1v) is 20.0. The Bertz CT molecular complexity index is 1630. The van der Waals surface area contributed by atoms with Gasteiger partial charge in [-0.15, -0.1) is 0 Å². The van der Waals surface area contributed by atoms with E-state index in [1.807, 2.05) is 44.2 Å². The number of aliphatic hydroxyl groups excluding tert-OH is 1. The van der Waals surface area contributed by atoms with Crippen molar-refractivity contribution in [3.63, 3.8) is 0 Å². The summed E-state index contributed by atoms with van der Waals surface area (Å²) in [6.07, 6.45) is 3.90. The molecule has 6 rings (SSSR count). The molecule has 0 unspecified atom stereocenters. The molecule has 0 bridgehead atoms. The molecule has 5 atom stereocenters. The summed E-state index contributed by atoms with van der Waals surface area (Å²) in [5, 5.41) is 25.9. The van der Waals surface area contributed by atoms with Crippen molar-refractivity contribution in [2.45, 2.75) is 101 Å². The minimum atomic E-state index is -4.22. The van der Waals surface area contributed by atoms with E-state index in [0.29, 0.717) is 37.5 Å². The van der Waals surface area contributed by atoms with Gasteiger partial charge < -0.3 is 34.5 Å². The molecule has 1 aliphatic carbocycles. The molecule has 2 aromatic rings. The van der Waals surface area contributed by atoms with Crippen molar-refractivity contribution in [1.29, 1.82) is 0 Å². The van der Waals surface area contributed by atoms with Crippen molar-refractivity contribution in [2.24, 2.45) is 17.3 Å². The van der Waals surface area contributed by atoms with Crippen LogP contribution in [0.3, 0.4) is 0 Å². The highest BCUT2D eigenvalue weighted by molar-refractivity contribution is 7.89. The summed E-state index contributed by atoms with van der Waals surface area (Å²) < 4.78 is 52.7. The molecule has 3 fully saturated rings. The molecule has 0 radical (unpaired) electrons. The lowest BCUT2D eigenvalue weighted by atomic mass is 9.87. The zero-order chi connectivity index (χ0) is 36.9. The predicted octanol–water partition coefficient (Wildman–Crippen LogP) is 4.62. The van der Waals surface area contributed by atoms with E-state index < -0.39 is 46.0 Å². The van der Waals surface area contributed by atoms with Crippen LogP contribution in [0.15, 0.2) is 53.4 Å². The van der Waals surface area contributed by atoms with E-state index in [1.54, 1.807) is 6.07 Å². The lowest BCUT2D eigenvalue weighted by Crippen LogP contribution is -2.58. The van der Waals surface area contributed by atoms with Gasteiger partial charge in [0.25, 0.3) is 0 Å². The largest absolute Gasteiger partial charge is 0.465 e. The van der Waals surface area contributed by atoms with Crippen molar-refractivity contribution in [2.75, 3.05) is 39.6 Å². The van der Waals surface area contributed by atoms with Crippen LogP contribution < -0.4 is 14.8 Å². The summed E-state index contributed by atoms with van der Waals surface area (Å²) in [6, 6.07) is 12.2. The van der Waals surface area contributed by atoms with E-state index in [-0.39, 0.29) is 55.5 Å². The average molecular weight is 744 g/mol. The van der Waals surface area contributed by atoms with Crippen molar-refractivity contribution >= 4 is 22.0 Å². The van der Waals surface area contributed by atoms with Gasteiger partial charge in [0.05, 0.1) is 36.3 Å². The molecule has 3 N–H and O–H groups in total. The van der Waals surface area contributed by atoms with Crippen LogP contribution in [-0.2, 0) is 30.7 Å². The quantitative estimate of drug-likeness (QED) is 0.195. The number of sulfonamides is 1. The van der Waals surface area contributed by atoms with E-state index in [9.17, 15) is 28.2 Å². The Labute approximate surface area is 306 Å². The number of rotatable bonds is 17. The number of carbonyl (C=O) groups is 2. The zero-order valence-electron chi connectivity index (χ0n) is 30.2. The molecule has 2 aromatic carbocycles. The Kier molecular flexibility index (Phi) is 12.3. The fourth-order valence-corrected chi connectivity index (χ4v) is 9.79. The number of carboxylic acid groups (broad SMARTS) is 1. The van der Waals surface area contributed by atoms with Crippen LogP contribution in [0.2, 0.25) is 0 Å². The van der Waals surface area contributed by atoms with E-state index in [4.69, 9.17) is 18.9 Å². The molecular formula is C38H53N3O10S. The molecule has 4 aliphatic rings. The molecule has 0 spiro atoms. The second-order valence-electron chi connectivity index (χ2n) is 15.3. The minimum Gasteiger partial charge on any atom is -0.465 e. The molecule has 3 aliphatic heterocycles. The van der Waals surface area contributed by atoms with Crippen molar-refractivity contribution in [3.8, 4) is 11.5 Å². The Morgan fingerprint density at radius 2 is 1.75 bits per heavy atom. The number of nitrogens with one attached hydrogen (secondary N) is 1. The van der Waals surface area contributed by atoms with Gasteiger partial charge >= 0.3 is 6.09 Å². The Morgan fingerprint density at radius 1 is 1.00 bits per heavy atom. The Morgan fingerprint density at radius 3 is 2.50 bits per heavy atom. The third kappa shape index (κ3) is 9.02. The number of hydrogen-bond donors (Lipinski definition) is 3. The molecule has 13 nitrogen and oxygen atoms in total. The third-order valence-electron chi connectivity index (χ3n) is 11.0. The summed E-state index contributed by atoms with van der Waals surface area (Å²) in [4.78, 5) is 26.8. The van der Waals surface area contributed by atoms with E-state index in [2.05, 4.69) is 5.32 Å².